The fourth-order valence-corrected chi connectivity index (χ4v) is 1.53. The van der Waals surface area contributed by atoms with Gasteiger partial charge in [0.25, 0.3) is 0 Å². The summed E-state index contributed by atoms with van der Waals surface area (Å²) in [5.41, 5.74) is 0.803. The highest BCUT2D eigenvalue weighted by molar-refractivity contribution is 9.11. The maximum Gasteiger partial charge on any atom is 0.329 e. The minimum atomic E-state index is -0.983. The highest BCUT2D eigenvalue weighted by atomic mass is 79.9. The van der Waals surface area contributed by atoms with Gasteiger partial charge in [-0.3, -0.25) is 0 Å². The highest BCUT2D eigenvalue weighted by Gasteiger charge is 1.97. The van der Waals surface area contributed by atoms with Crippen molar-refractivity contribution in [1.29, 1.82) is 0 Å². The van der Waals surface area contributed by atoms with E-state index in [4.69, 9.17) is 5.11 Å². The van der Waals surface area contributed by atoms with E-state index < -0.39 is 5.97 Å². The number of benzene rings is 1. The Hall–Kier alpha value is -0.810. The predicted molar refractivity (Wildman–Crippen MR) is 62.2 cm³/mol. The summed E-state index contributed by atoms with van der Waals surface area (Å²) in [7, 11) is 0. The fraction of sp³-hybridized carbons (Fsp3) is 0. The molecule has 1 rings (SSSR count). The Balaban J connectivity index is 2.76. The molecule has 0 saturated carbocycles. The average Bonchev–Trinajstić information content (AvgIpc) is 2.10. The summed E-state index contributed by atoms with van der Waals surface area (Å²) >= 11 is 6.65. The van der Waals surface area contributed by atoms with Gasteiger partial charge in [0.15, 0.2) is 0 Å². The lowest BCUT2D eigenvalue weighted by Gasteiger charge is -2.03. The summed E-state index contributed by atoms with van der Waals surface area (Å²) in [6.07, 6.45) is 2.40. The molecule has 14 heavy (non-hydrogen) atoms. The van der Waals surface area contributed by atoms with Crippen LogP contribution in [-0.4, -0.2) is 11.1 Å². The summed E-state index contributed by atoms with van der Waals surface area (Å²) in [5, 5.41) is 11.2. The lowest BCUT2D eigenvalue weighted by molar-refractivity contribution is -0.131. The number of anilines is 1. The van der Waals surface area contributed by atoms with Crippen LogP contribution in [0.25, 0.3) is 0 Å². The second-order valence-corrected chi connectivity index (χ2v) is 4.21. The molecule has 1 aromatic carbocycles. The molecule has 0 aromatic heterocycles. The van der Waals surface area contributed by atoms with E-state index >= 15 is 0 Å². The molecule has 0 spiro atoms. The first-order valence-corrected chi connectivity index (χ1v) is 5.29. The Kier molecular flexibility index (Phi) is 4.16. The first kappa shape index (κ1) is 11.3. The molecule has 0 aliphatic carbocycles. The first-order chi connectivity index (χ1) is 6.59. The third kappa shape index (κ3) is 3.51. The summed E-state index contributed by atoms with van der Waals surface area (Å²) < 4.78 is 1.79. The Morgan fingerprint density at radius 1 is 1.43 bits per heavy atom. The fourth-order valence-electron chi connectivity index (χ4n) is 0.811. The van der Waals surface area contributed by atoms with Crippen LogP contribution in [0.5, 0.6) is 0 Å². The highest BCUT2D eigenvalue weighted by Crippen LogP contribution is 2.25. The van der Waals surface area contributed by atoms with E-state index in [2.05, 4.69) is 37.2 Å². The van der Waals surface area contributed by atoms with Crippen LogP contribution in [-0.2, 0) is 4.79 Å². The first-order valence-electron chi connectivity index (χ1n) is 3.70. The van der Waals surface area contributed by atoms with Crippen LogP contribution in [0.2, 0.25) is 0 Å². The van der Waals surface area contributed by atoms with Gasteiger partial charge in [-0.1, -0.05) is 15.9 Å². The zero-order valence-corrected chi connectivity index (χ0v) is 10.2. The largest absolute Gasteiger partial charge is 0.478 e. The molecule has 0 radical (unpaired) electrons. The minimum absolute atomic E-state index is 0.803. The quantitative estimate of drug-likeness (QED) is 0.841. The standard InChI is InChI=1S/C9H7Br2NO2/c10-6-1-2-7(11)8(5-6)12-4-3-9(13)14/h1-5,12H,(H,13,14)/b4-3+. The normalized spacial score (nSPS) is 10.4. The number of hydrogen-bond acceptors (Lipinski definition) is 2. The second kappa shape index (κ2) is 5.17. The summed E-state index contributed by atoms with van der Waals surface area (Å²) in [4.78, 5) is 10.2. The minimum Gasteiger partial charge on any atom is -0.478 e. The topological polar surface area (TPSA) is 49.3 Å². The smallest absolute Gasteiger partial charge is 0.329 e. The Labute approximate surface area is 98.1 Å². The number of nitrogens with one attached hydrogen (secondary N) is 1. The van der Waals surface area contributed by atoms with Crippen LogP contribution in [0.4, 0.5) is 5.69 Å². The monoisotopic (exact) mass is 319 g/mol. The molecule has 0 aliphatic rings. The van der Waals surface area contributed by atoms with E-state index in [0.29, 0.717) is 0 Å². The van der Waals surface area contributed by atoms with E-state index in [1.54, 1.807) is 0 Å². The van der Waals surface area contributed by atoms with Crippen LogP contribution in [0, 0.1) is 0 Å². The van der Waals surface area contributed by atoms with Crippen LogP contribution < -0.4 is 5.32 Å². The van der Waals surface area contributed by atoms with Crippen molar-refractivity contribution in [2.75, 3.05) is 5.32 Å². The van der Waals surface area contributed by atoms with Gasteiger partial charge < -0.3 is 10.4 Å². The van der Waals surface area contributed by atoms with Gasteiger partial charge >= 0.3 is 5.97 Å². The molecule has 0 saturated heterocycles. The molecule has 2 N–H and O–H groups in total. The maximum atomic E-state index is 10.2. The van der Waals surface area contributed by atoms with Crippen molar-refractivity contribution in [2.45, 2.75) is 0 Å². The molecule has 0 unspecified atom stereocenters. The Morgan fingerprint density at radius 2 is 2.14 bits per heavy atom. The number of halogens is 2. The van der Waals surface area contributed by atoms with Gasteiger partial charge in [-0.25, -0.2) is 4.79 Å². The van der Waals surface area contributed by atoms with Gasteiger partial charge in [-0.05, 0) is 34.1 Å². The van der Waals surface area contributed by atoms with Gasteiger partial charge in [0.2, 0.25) is 0 Å². The van der Waals surface area contributed by atoms with Gasteiger partial charge in [0, 0.05) is 21.2 Å². The van der Waals surface area contributed by atoms with Gasteiger partial charge in [-0.2, -0.15) is 0 Å². The van der Waals surface area contributed by atoms with Crippen LogP contribution in [0.1, 0.15) is 0 Å². The molecular weight excluding hydrogens is 314 g/mol. The number of carboxylic acids is 1. The molecule has 3 nitrogen and oxygen atoms in total. The van der Waals surface area contributed by atoms with Crippen molar-refractivity contribution in [3.8, 4) is 0 Å². The maximum absolute atomic E-state index is 10.2. The van der Waals surface area contributed by atoms with Crippen molar-refractivity contribution in [3.05, 3.63) is 39.4 Å². The molecule has 0 aliphatic heterocycles. The van der Waals surface area contributed by atoms with Gasteiger partial charge in [0.05, 0.1) is 5.69 Å². The van der Waals surface area contributed by atoms with E-state index in [1.807, 2.05) is 18.2 Å². The van der Waals surface area contributed by atoms with E-state index in [9.17, 15) is 4.79 Å². The van der Waals surface area contributed by atoms with Gasteiger partial charge in [0.1, 0.15) is 0 Å². The average molecular weight is 321 g/mol. The van der Waals surface area contributed by atoms with E-state index in [-0.39, 0.29) is 0 Å². The van der Waals surface area contributed by atoms with E-state index in [1.165, 1.54) is 6.20 Å². The molecule has 0 heterocycles. The number of aliphatic carboxylic acids is 1. The third-order valence-electron chi connectivity index (χ3n) is 1.39. The molecule has 5 heteroatoms. The molecule has 0 fully saturated rings. The zero-order chi connectivity index (χ0) is 10.6. The molecule has 0 amide bonds. The summed E-state index contributed by atoms with van der Waals surface area (Å²) in [6.45, 7) is 0. The van der Waals surface area contributed by atoms with Crippen molar-refractivity contribution in [2.24, 2.45) is 0 Å². The van der Waals surface area contributed by atoms with Crippen LogP contribution >= 0.6 is 31.9 Å². The second-order valence-electron chi connectivity index (χ2n) is 2.44. The van der Waals surface area contributed by atoms with Crippen molar-refractivity contribution in [1.82, 2.24) is 0 Å². The number of carbonyl (C=O) groups is 1. The third-order valence-corrected chi connectivity index (χ3v) is 2.58. The SMILES string of the molecule is O=C(O)/C=C/Nc1cc(Br)ccc1Br. The summed E-state index contributed by atoms with van der Waals surface area (Å²) in [5.74, 6) is -0.983. The van der Waals surface area contributed by atoms with Crippen molar-refractivity contribution < 1.29 is 9.90 Å². The number of carboxylic acid groups (broad SMARTS) is 1. The lowest BCUT2D eigenvalue weighted by atomic mass is 10.3. The van der Waals surface area contributed by atoms with Crippen LogP contribution in [0.15, 0.2) is 39.4 Å². The lowest BCUT2D eigenvalue weighted by Crippen LogP contribution is -1.92. The number of hydrogen-bond donors (Lipinski definition) is 2. The predicted octanol–water partition coefficient (Wildman–Crippen LogP) is 3.22. The molecular formula is C9H7Br2NO2. The Bertz CT molecular complexity index is 377. The zero-order valence-electron chi connectivity index (χ0n) is 7.00. The van der Waals surface area contributed by atoms with Crippen molar-refractivity contribution >= 4 is 43.5 Å². The molecule has 1 aromatic rings. The molecule has 0 bridgehead atoms. The summed E-state index contributed by atoms with van der Waals surface area (Å²) in [6, 6.07) is 5.59. The molecule has 74 valence electrons. The van der Waals surface area contributed by atoms with Crippen LogP contribution in [0.3, 0.4) is 0 Å². The van der Waals surface area contributed by atoms with E-state index in [0.717, 1.165) is 20.7 Å². The van der Waals surface area contributed by atoms with Gasteiger partial charge in [-0.15, -0.1) is 0 Å². The molecule has 0 atom stereocenters. The Morgan fingerprint density at radius 3 is 2.79 bits per heavy atom. The number of rotatable bonds is 3. The van der Waals surface area contributed by atoms with Crippen molar-refractivity contribution in [3.63, 3.8) is 0 Å².